The summed E-state index contributed by atoms with van der Waals surface area (Å²) < 4.78 is 27.3. The fourth-order valence-corrected chi connectivity index (χ4v) is 3.16. The highest BCUT2D eigenvalue weighted by Gasteiger charge is 2.28. The van der Waals surface area contributed by atoms with E-state index in [1.165, 1.54) is 6.26 Å². The summed E-state index contributed by atoms with van der Waals surface area (Å²) in [6, 6.07) is 0. The molecule has 1 aliphatic rings. The molecule has 0 radical (unpaired) electrons. The Labute approximate surface area is 133 Å². The van der Waals surface area contributed by atoms with Crippen molar-refractivity contribution < 1.29 is 17.9 Å². The van der Waals surface area contributed by atoms with Crippen LogP contribution in [0, 0.1) is 5.92 Å². The van der Waals surface area contributed by atoms with Gasteiger partial charge in [-0.3, -0.25) is 9.79 Å². The van der Waals surface area contributed by atoms with Crippen LogP contribution in [-0.2, 0) is 19.4 Å². The first-order chi connectivity index (χ1) is 10.4. The number of hydrogen-bond acceptors (Lipinski definition) is 5. The second-order valence-electron chi connectivity index (χ2n) is 5.49. The Morgan fingerprint density at radius 3 is 2.77 bits per heavy atom. The number of carbonyl (C=O) groups excluding carboxylic acids is 1. The van der Waals surface area contributed by atoms with Crippen LogP contribution in [-0.4, -0.2) is 70.5 Å². The van der Waals surface area contributed by atoms with Gasteiger partial charge in [0.15, 0.2) is 5.96 Å². The summed E-state index contributed by atoms with van der Waals surface area (Å²) in [5, 5.41) is 3.16. The molecule has 22 heavy (non-hydrogen) atoms. The van der Waals surface area contributed by atoms with Gasteiger partial charge in [-0.15, -0.1) is 0 Å². The van der Waals surface area contributed by atoms with E-state index in [1.807, 2.05) is 4.90 Å². The summed E-state index contributed by atoms with van der Waals surface area (Å²) in [5.74, 6) is 0.591. The molecular weight excluding hydrogens is 306 g/mol. The minimum Gasteiger partial charge on any atom is -0.466 e. The zero-order chi connectivity index (χ0) is 16.6. The lowest BCUT2D eigenvalue weighted by atomic mass is 9.98. The van der Waals surface area contributed by atoms with Gasteiger partial charge in [0.25, 0.3) is 0 Å². The largest absolute Gasteiger partial charge is 0.466 e. The Morgan fingerprint density at radius 1 is 1.45 bits per heavy atom. The van der Waals surface area contributed by atoms with Crippen molar-refractivity contribution in [2.75, 3.05) is 45.3 Å². The van der Waals surface area contributed by atoms with E-state index in [-0.39, 0.29) is 17.6 Å². The van der Waals surface area contributed by atoms with Gasteiger partial charge in [0.2, 0.25) is 0 Å². The summed E-state index contributed by atoms with van der Waals surface area (Å²) in [4.78, 5) is 18.1. The fourth-order valence-electron chi connectivity index (χ4n) is 2.49. The second-order valence-corrected chi connectivity index (χ2v) is 7.75. The van der Waals surface area contributed by atoms with Crippen LogP contribution in [0.5, 0.6) is 0 Å². The van der Waals surface area contributed by atoms with E-state index in [0.717, 1.165) is 19.4 Å². The zero-order valence-corrected chi connectivity index (χ0v) is 14.5. The molecule has 0 saturated carbocycles. The van der Waals surface area contributed by atoms with Crippen LogP contribution in [0.4, 0.5) is 0 Å². The Balaban J connectivity index is 2.47. The molecule has 0 amide bonds. The Kier molecular flexibility index (Phi) is 7.64. The average molecular weight is 333 g/mol. The predicted octanol–water partition coefficient (Wildman–Crippen LogP) is 0.272. The van der Waals surface area contributed by atoms with E-state index in [4.69, 9.17) is 4.74 Å². The lowest BCUT2D eigenvalue weighted by Gasteiger charge is -2.33. The number of nitrogens with one attached hydrogen (secondary N) is 1. The molecule has 1 fully saturated rings. The first-order valence-corrected chi connectivity index (χ1v) is 9.73. The zero-order valence-electron chi connectivity index (χ0n) is 13.7. The van der Waals surface area contributed by atoms with Gasteiger partial charge in [-0.2, -0.15) is 0 Å². The third-order valence-corrected chi connectivity index (χ3v) is 4.56. The highest BCUT2D eigenvalue weighted by Crippen LogP contribution is 2.18. The molecular formula is C14H27N3O4S. The van der Waals surface area contributed by atoms with Crippen molar-refractivity contribution in [2.45, 2.75) is 26.2 Å². The number of nitrogens with zero attached hydrogens (tertiary/aromatic N) is 2. The molecule has 0 bridgehead atoms. The van der Waals surface area contributed by atoms with E-state index >= 15 is 0 Å². The highest BCUT2D eigenvalue weighted by atomic mass is 32.2. The number of likely N-dealkylation sites (tertiary alicyclic amines) is 1. The highest BCUT2D eigenvalue weighted by molar-refractivity contribution is 7.90. The first kappa shape index (κ1) is 18.7. The molecule has 1 N–H and O–H groups in total. The summed E-state index contributed by atoms with van der Waals surface area (Å²) in [6.45, 7) is 4.17. The van der Waals surface area contributed by atoms with Crippen LogP contribution >= 0.6 is 0 Å². The maximum absolute atomic E-state index is 11.8. The Hall–Kier alpha value is -1.31. The number of hydrogen-bond donors (Lipinski definition) is 1. The second kappa shape index (κ2) is 8.97. The SMILES string of the molecule is CCOC(=O)C1CCCN(C(=NC)NCCCS(C)(=O)=O)C1. The third kappa shape index (κ3) is 6.64. The van der Waals surface area contributed by atoms with Crippen molar-refractivity contribution in [1.82, 2.24) is 10.2 Å². The third-order valence-electron chi connectivity index (χ3n) is 3.53. The number of guanidine groups is 1. The van der Waals surface area contributed by atoms with Gasteiger partial charge in [0, 0.05) is 32.9 Å². The van der Waals surface area contributed by atoms with Crippen LogP contribution in [0.15, 0.2) is 4.99 Å². The minimum atomic E-state index is -2.93. The molecule has 0 aliphatic carbocycles. The van der Waals surface area contributed by atoms with Crippen molar-refractivity contribution in [3.05, 3.63) is 0 Å². The van der Waals surface area contributed by atoms with Gasteiger partial charge in [0.1, 0.15) is 9.84 Å². The number of carbonyl (C=O) groups is 1. The molecule has 0 aromatic carbocycles. The lowest BCUT2D eigenvalue weighted by Crippen LogP contribution is -2.48. The number of ether oxygens (including phenoxy) is 1. The Bertz CT molecular complexity index is 490. The Morgan fingerprint density at radius 2 is 2.18 bits per heavy atom. The maximum Gasteiger partial charge on any atom is 0.310 e. The molecule has 0 spiro atoms. The lowest BCUT2D eigenvalue weighted by molar-refractivity contribution is -0.149. The van der Waals surface area contributed by atoms with Crippen LogP contribution in [0.25, 0.3) is 0 Å². The molecule has 128 valence electrons. The first-order valence-electron chi connectivity index (χ1n) is 7.67. The monoisotopic (exact) mass is 333 g/mol. The van der Waals surface area contributed by atoms with Crippen LogP contribution in [0.3, 0.4) is 0 Å². The normalized spacial score (nSPS) is 19.9. The molecule has 1 unspecified atom stereocenters. The molecule has 1 aliphatic heterocycles. The number of esters is 1. The van der Waals surface area contributed by atoms with Crippen molar-refractivity contribution >= 4 is 21.8 Å². The summed E-state index contributed by atoms with van der Waals surface area (Å²) in [7, 11) is -1.25. The van der Waals surface area contributed by atoms with Crippen molar-refractivity contribution in [1.29, 1.82) is 0 Å². The van der Waals surface area contributed by atoms with Crippen LogP contribution in [0.2, 0.25) is 0 Å². The number of aliphatic imine (C=N–C) groups is 1. The predicted molar refractivity (Wildman–Crippen MR) is 86.6 cm³/mol. The van der Waals surface area contributed by atoms with Gasteiger partial charge in [0.05, 0.1) is 18.3 Å². The van der Waals surface area contributed by atoms with Gasteiger partial charge < -0.3 is 15.0 Å². The summed E-state index contributed by atoms with van der Waals surface area (Å²) in [6.07, 6.45) is 3.51. The summed E-state index contributed by atoms with van der Waals surface area (Å²) >= 11 is 0. The van der Waals surface area contributed by atoms with E-state index in [1.54, 1.807) is 14.0 Å². The van der Waals surface area contributed by atoms with Crippen LogP contribution in [0.1, 0.15) is 26.2 Å². The summed E-state index contributed by atoms with van der Waals surface area (Å²) in [5.41, 5.74) is 0. The molecule has 1 rings (SSSR count). The van der Waals surface area contributed by atoms with Gasteiger partial charge in [-0.1, -0.05) is 0 Å². The standard InChI is InChI=1S/C14H27N3O4S/c1-4-21-13(18)12-7-5-9-17(11-12)14(15-2)16-8-6-10-22(3,19)20/h12H,4-11H2,1-3H3,(H,15,16). The molecule has 7 nitrogen and oxygen atoms in total. The van der Waals surface area contributed by atoms with E-state index in [2.05, 4.69) is 10.3 Å². The van der Waals surface area contributed by atoms with E-state index < -0.39 is 9.84 Å². The number of sulfone groups is 1. The quantitative estimate of drug-likeness (QED) is 0.325. The smallest absolute Gasteiger partial charge is 0.310 e. The van der Waals surface area contributed by atoms with Crippen molar-refractivity contribution in [3.63, 3.8) is 0 Å². The molecule has 1 saturated heterocycles. The van der Waals surface area contributed by atoms with E-state index in [9.17, 15) is 13.2 Å². The average Bonchev–Trinajstić information content (AvgIpc) is 2.46. The van der Waals surface area contributed by atoms with E-state index in [0.29, 0.717) is 32.1 Å². The minimum absolute atomic E-state index is 0.122. The van der Waals surface area contributed by atoms with Crippen molar-refractivity contribution in [3.8, 4) is 0 Å². The van der Waals surface area contributed by atoms with Crippen LogP contribution < -0.4 is 5.32 Å². The molecule has 1 atom stereocenters. The van der Waals surface area contributed by atoms with Gasteiger partial charge >= 0.3 is 5.97 Å². The molecule has 8 heteroatoms. The molecule has 1 heterocycles. The number of piperidine rings is 1. The van der Waals surface area contributed by atoms with Gasteiger partial charge in [-0.05, 0) is 26.2 Å². The van der Waals surface area contributed by atoms with Gasteiger partial charge in [-0.25, -0.2) is 8.42 Å². The fraction of sp³-hybridized carbons (Fsp3) is 0.857. The molecule has 0 aromatic rings. The number of rotatable bonds is 6. The van der Waals surface area contributed by atoms with Crippen molar-refractivity contribution in [2.24, 2.45) is 10.9 Å². The topological polar surface area (TPSA) is 88.1 Å². The molecule has 0 aromatic heterocycles. The maximum atomic E-state index is 11.8.